The summed E-state index contributed by atoms with van der Waals surface area (Å²) in [5.41, 5.74) is 4.36. The summed E-state index contributed by atoms with van der Waals surface area (Å²) in [7, 11) is 3.14. The van der Waals surface area contributed by atoms with Crippen LogP contribution in [0.25, 0.3) is 11.0 Å². The molecule has 0 amide bonds. The number of nitrogens with one attached hydrogen (secondary N) is 1. The lowest BCUT2D eigenvalue weighted by atomic mass is 10.1. The number of hydrogen-bond donors (Lipinski definition) is 1. The van der Waals surface area contributed by atoms with Gasteiger partial charge in [0.1, 0.15) is 0 Å². The molecule has 3 aromatic rings. The van der Waals surface area contributed by atoms with Crippen LogP contribution in [0.2, 0.25) is 0 Å². The van der Waals surface area contributed by atoms with Crippen molar-refractivity contribution in [3.8, 4) is 11.5 Å². The Hall–Kier alpha value is -3.35. The minimum atomic E-state index is -0.512. The zero-order valence-electron chi connectivity index (χ0n) is 17.3. The third-order valence-electron chi connectivity index (χ3n) is 4.56. The summed E-state index contributed by atoms with van der Waals surface area (Å²) in [5.74, 6) is 0.987. The average molecular weight is 395 g/mol. The number of benzene rings is 2. The lowest BCUT2D eigenvalue weighted by molar-refractivity contribution is 0.0499. The van der Waals surface area contributed by atoms with E-state index in [9.17, 15) is 4.79 Å². The zero-order valence-corrected chi connectivity index (χ0v) is 17.3. The number of ether oxygens (including phenoxy) is 3. The Morgan fingerprint density at radius 1 is 0.966 bits per heavy atom. The van der Waals surface area contributed by atoms with Crippen molar-refractivity contribution in [2.45, 2.75) is 27.2 Å². The van der Waals surface area contributed by atoms with Gasteiger partial charge in [0.05, 0.1) is 31.9 Å². The van der Waals surface area contributed by atoms with Crippen molar-refractivity contribution >= 4 is 28.5 Å². The monoisotopic (exact) mass is 395 g/mol. The third kappa shape index (κ3) is 4.39. The van der Waals surface area contributed by atoms with Gasteiger partial charge in [0.15, 0.2) is 23.0 Å². The molecular weight excluding hydrogens is 370 g/mol. The molecule has 0 aliphatic rings. The van der Waals surface area contributed by atoms with E-state index in [0.717, 1.165) is 17.5 Å². The van der Waals surface area contributed by atoms with Crippen LogP contribution < -0.4 is 14.8 Å². The van der Waals surface area contributed by atoms with Crippen molar-refractivity contribution in [2.75, 3.05) is 26.1 Å². The van der Waals surface area contributed by atoms with Crippen LogP contribution in [-0.2, 0) is 4.74 Å². The molecule has 0 saturated carbocycles. The van der Waals surface area contributed by atoms with Gasteiger partial charge < -0.3 is 19.5 Å². The number of anilines is 2. The fourth-order valence-electron chi connectivity index (χ4n) is 2.85. The van der Waals surface area contributed by atoms with Crippen LogP contribution in [0, 0.1) is 13.8 Å². The molecule has 1 N–H and O–H groups in total. The van der Waals surface area contributed by atoms with Crippen LogP contribution in [-0.4, -0.2) is 36.8 Å². The highest BCUT2D eigenvalue weighted by atomic mass is 16.5. The van der Waals surface area contributed by atoms with E-state index < -0.39 is 5.97 Å². The molecule has 0 atom stereocenters. The molecule has 0 saturated heterocycles. The highest BCUT2D eigenvalue weighted by Crippen LogP contribution is 2.32. The van der Waals surface area contributed by atoms with E-state index in [1.807, 2.05) is 39.0 Å². The number of hydrogen-bond acceptors (Lipinski definition) is 7. The van der Waals surface area contributed by atoms with Crippen molar-refractivity contribution < 1.29 is 19.0 Å². The van der Waals surface area contributed by atoms with E-state index in [1.165, 1.54) is 0 Å². The molecule has 3 rings (SSSR count). The molecule has 29 heavy (non-hydrogen) atoms. The minimum Gasteiger partial charge on any atom is -0.493 e. The largest absolute Gasteiger partial charge is 0.493 e. The first-order chi connectivity index (χ1) is 14.0. The predicted molar refractivity (Wildman–Crippen MR) is 112 cm³/mol. The van der Waals surface area contributed by atoms with Gasteiger partial charge in [0, 0.05) is 11.8 Å². The summed E-state index contributed by atoms with van der Waals surface area (Å²) < 4.78 is 15.9. The Morgan fingerprint density at radius 2 is 1.62 bits per heavy atom. The van der Waals surface area contributed by atoms with Crippen molar-refractivity contribution in [2.24, 2.45) is 0 Å². The first-order valence-corrected chi connectivity index (χ1v) is 9.42. The maximum absolute atomic E-state index is 12.6. The number of esters is 1. The fraction of sp³-hybridized carbons (Fsp3) is 0.318. The third-order valence-corrected chi connectivity index (χ3v) is 4.56. The van der Waals surface area contributed by atoms with Gasteiger partial charge >= 0.3 is 5.97 Å². The second-order valence-corrected chi connectivity index (χ2v) is 6.68. The molecule has 0 fully saturated rings. The molecule has 0 unspecified atom stereocenters. The van der Waals surface area contributed by atoms with Gasteiger partial charge in [-0.1, -0.05) is 6.92 Å². The van der Waals surface area contributed by atoms with E-state index in [4.69, 9.17) is 14.2 Å². The molecule has 0 bridgehead atoms. The molecule has 0 radical (unpaired) electrons. The Balaban J connectivity index is 2.08. The van der Waals surface area contributed by atoms with Crippen LogP contribution >= 0.6 is 0 Å². The lowest BCUT2D eigenvalue weighted by Crippen LogP contribution is -2.13. The topological polar surface area (TPSA) is 82.6 Å². The SMILES string of the molecule is CCCOC(=O)c1nc2cc(C)c(C)cc2nc1Nc1ccc(OC)c(OC)c1. The van der Waals surface area contributed by atoms with E-state index in [2.05, 4.69) is 15.3 Å². The van der Waals surface area contributed by atoms with Crippen LogP contribution in [0.1, 0.15) is 35.0 Å². The number of carbonyl (C=O) groups excluding carboxylic acids is 1. The normalized spacial score (nSPS) is 10.7. The highest BCUT2D eigenvalue weighted by molar-refractivity contribution is 5.96. The maximum Gasteiger partial charge on any atom is 0.360 e. The summed E-state index contributed by atoms with van der Waals surface area (Å²) in [4.78, 5) is 21.8. The zero-order chi connectivity index (χ0) is 21.0. The molecule has 0 spiro atoms. The minimum absolute atomic E-state index is 0.143. The Bertz CT molecular complexity index is 1050. The van der Waals surface area contributed by atoms with Crippen molar-refractivity contribution in [3.05, 3.63) is 47.2 Å². The van der Waals surface area contributed by atoms with Crippen LogP contribution in [0.15, 0.2) is 30.3 Å². The van der Waals surface area contributed by atoms with E-state index in [1.54, 1.807) is 26.4 Å². The number of rotatable bonds is 7. The average Bonchev–Trinajstić information content (AvgIpc) is 2.72. The Morgan fingerprint density at radius 3 is 2.24 bits per heavy atom. The van der Waals surface area contributed by atoms with Gasteiger partial charge in [0.25, 0.3) is 0 Å². The van der Waals surface area contributed by atoms with Crippen LogP contribution in [0.3, 0.4) is 0 Å². The van der Waals surface area contributed by atoms with Gasteiger partial charge in [-0.2, -0.15) is 0 Å². The summed E-state index contributed by atoms with van der Waals surface area (Å²) in [5, 5.41) is 3.17. The van der Waals surface area contributed by atoms with Gasteiger partial charge in [-0.25, -0.2) is 14.8 Å². The van der Waals surface area contributed by atoms with Crippen LogP contribution in [0.5, 0.6) is 11.5 Å². The second-order valence-electron chi connectivity index (χ2n) is 6.68. The van der Waals surface area contributed by atoms with E-state index >= 15 is 0 Å². The highest BCUT2D eigenvalue weighted by Gasteiger charge is 2.19. The van der Waals surface area contributed by atoms with Gasteiger partial charge in [0.2, 0.25) is 0 Å². The van der Waals surface area contributed by atoms with Crippen molar-refractivity contribution in [1.29, 1.82) is 0 Å². The molecule has 0 aliphatic heterocycles. The molecule has 2 aromatic carbocycles. The summed E-state index contributed by atoms with van der Waals surface area (Å²) in [6.45, 7) is 6.28. The number of fused-ring (bicyclic) bond motifs is 1. The van der Waals surface area contributed by atoms with Gasteiger partial charge in [-0.05, 0) is 55.7 Å². The van der Waals surface area contributed by atoms with Crippen molar-refractivity contribution in [3.63, 3.8) is 0 Å². The van der Waals surface area contributed by atoms with E-state index in [-0.39, 0.29) is 5.69 Å². The molecule has 0 aliphatic carbocycles. The quantitative estimate of drug-likeness (QED) is 0.587. The Kier molecular flexibility index (Phi) is 6.16. The van der Waals surface area contributed by atoms with Gasteiger partial charge in [-0.15, -0.1) is 0 Å². The first-order valence-electron chi connectivity index (χ1n) is 9.42. The molecule has 7 heteroatoms. The standard InChI is InChI=1S/C22H25N3O4/c1-6-9-29-22(26)20-21(23-15-7-8-18(27-4)19(12-15)28-5)25-17-11-14(3)13(2)10-16(17)24-20/h7-8,10-12H,6,9H2,1-5H3,(H,23,25). The molecule has 7 nitrogen and oxygen atoms in total. The smallest absolute Gasteiger partial charge is 0.360 e. The van der Waals surface area contributed by atoms with Crippen molar-refractivity contribution in [1.82, 2.24) is 9.97 Å². The maximum atomic E-state index is 12.6. The number of aromatic nitrogens is 2. The Labute approximate surface area is 170 Å². The van der Waals surface area contributed by atoms with Gasteiger partial charge in [-0.3, -0.25) is 0 Å². The molecule has 152 valence electrons. The summed E-state index contributed by atoms with van der Waals surface area (Å²) in [6.07, 6.45) is 0.726. The lowest BCUT2D eigenvalue weighted by Gasteiger charge is -2.14. The van der Waals surface area contributed by atoms with Crippen LogP contribution in [0.4, 0.5) is 11.5 Å². The number of nitrogens with zero attached hydrogens (tertiary/aromatic N) is 2. The number of aryl methyl sites for hydroxylation is 2. The molecular formula is C22H25N3O4. The molecule has 1 heterocycles. The van der Waals surface area contributed by atoms with E-state index in [0.29, 0.717) is 40.6 Å². The number of carbonyl (C=O) groups is 1. The molecule has 1 aromatic heterocycles. The summed E-state index contributed by atoms with van der Waals surface area (Å²) in [6, 6.07) is 9.24. The first kappa shape index (κ1) is 20.4. The summed E-state index contributed by atoms with van der Waals surface area (Å²) >= 11 is 0. The fourth-order valence-corrected chi connectivity index (χ4v) is 2.85. The predicted octanol–water partition coefficient (Wildman–Crippen LogP) is 4.57. The second kappa shape index (κ2) is 8.77. The number of methoxy groups -OCH3 is 2.